The summed E-state index contributed by atoms with van der Waals surface area (Å²) >= 11 is 0. The molecule has 1 aliphatic heterocycles. The molecule has 0 amide bonds. The highest BCUT2D eigenvalue weighted by Crippen LogP contribution is 2.32. The maximum absolute atomic E-state index is 6.10. The Morgan fingerprint density at radius 3 is 2.35 bits per heavy atom. The van der Waals surface area contributed by atoms with Crippen LogP contribution in [0.25, 0.3) is 0 Å². The van der Waals surface area contributed by atoms with Gasteiger partial charge in [-0.05, 0) is 58.3 Å². The van der Waals surface area contributed by atoms with Crippen molar-refractivity contribution in [2.75, 3.05) is 39.8 Å². The lowest BCUT2D eigenvalue weighted by atomic mass is 9.81. The largest absolute Gasteiger partial charge is 0.329 e. The number of nitrogens with zero attached hydrogens (tertiary/aromatic N) is 2. The van der Waals surface area contributed by atoms with Crippen LogP contribution in [-0.2, 0) is 0 Å². The van der Waals surface area contributed by atoms with Gasteiger partial charge in [0.05, 0.1) is 0 Å². The zero-order valence-corrected chi connectivity index (χ0v) is 11.6. The molecule has 3 heteroatoms. The van der Waals surface area contributed by atoms with Crippen molar-refractivity contribution in [3.63, 3.8) is 0 Å². The molecule has 1 heterocycles. The van der Waals surface area contributed by atoms with E-state index in [1.807, 2.05) is 0 Å². The van der Waals surface area contributed by atoms with Gasteiger partial charge in [-0.3, -0.25) is 4.90 Å². The summed E-state index contributed by atoms with van der Waals surface area (Å²) in [5.74, 6) is 0.952. The van der Waals surface area contributed by atoms with Crippen molar-refractivity contribution in [1.29, 1.82) is 0 Å². The third kappa shape index (κ3) is 2.83. The second-order valence-corrected chi connectivity index (χ2v) is 6.04. The lowest BCUT2D eigenvalue weighted by molar-refractivity contribution is 0.0274. The van der Waals surface area contributed by atoms with E-state index in [-0.39, 0.29) is 0 Å². The molecule has 0 bridgehead atoms. The molecule has 1 aliphatic carbocycles. The van der Waals surface area contributed by atoms with E-state index in [0.29, 0.717) is 5.54 Å². The minimum absolute atomic E-state index is 0.293. The third-order valence-corrected chi connectivity index (χ3v) is 5.18. The molecule has 3 nitrogen and oxygen atoms in total. The first-order chi connectivity index (χ1) is 8.20. The summed E-state index contributed by atoms with van der Waals surface area (Å²) in [5.41, 5.74) is 6.39. The molecule has 0 unspecified atom stereocenters. The van der Waals surface area contributed by atoms with E-state index in [4.69, 9.17) is 5.73 Å². The van der Waals surface area contributed by atoms with E-state index in [2.05, 4.69) is 23.8 Å². The Kier molecular flexibility index (Phi) is 4.45. The highest BCUT2D eigenvalue weighted by molar-refractivity contribution is 4.96. The number of nitrogens with two attached hydrogens (primary N) is 1. The van der Waals surface area contributed by atoms with Crippen LogP contribution in [0.1, 0.15) is 39.0 Å². The fourth-order valence-corrected chi connectivity index (χ4v) is 3.28. The third-order valence-electron chi connectivity index (χ3n) is 5.18. The van der Waals surface area contributed by atoms with Gasteiger partial charge in [-0.2, -0.15) is 0 Å². The van der Waals surface area contributed by atoms with Gasteiger partial charge in [0.2, 0.25) is 0 Å². The molecule has 2 rings (SSSR count). The van der Waals surface area contributed by atoms with Crippen molar-refractivity contribution in [2.45, 2.75) is 44.6 Å². The minimum atomic E-state index is 0.293. The normalized spacial score (nSPS) is 26.1. The molecular weight excluding hydrogens is 210 g/mol. The smallest absolute Gasteiger partial charge is 0.0353 e. The molecule has 1 saturated heterocycles. The Bertz CT molecular complexity index is 230. The van der Waals surface area contributed by atoms with Gasteiger partial charge in [-0.15, -0.1) is 0 Å². The van der Waals surface area contributed by atoms with Gasteiger partial charge < -0.3 is 10.6 Å². The lowest BCUT2D eigenvalue weighted by Crippen LogP contribution is -2.59. The van der Waals surface area contributed by atoms with Crippen LogP contribution in [-0.4, -0.2) is 55.1 Å². The lowest BCUT2D eigenvalue weighted by Gasteiger charge is -2.48. The van der Waals surface area contributed by atoms with Gasteiger partial charge in [0, 0.05) is 18.6 Å². The van der Waals surface area contributed by atoms with E-state index in [0.717, 1.165) is 12.5 Å². The molecule has 0 aromatic rings. The van der Waals surface area contributed by atoms with Crippen LogP contribution in [0.4, 0.5) is 0 Å². The molecule has 2 N–H and O–H groups in total. The standard InChI is InChI=1S/C14H29N3/c1-3-17-9-7-14(12-15,8-10-17)16(2)11-13-5-4-6-13/h13H,3-12,15H2,1-2H3. The number of hydrogen-bond donors (Lipinski definition) is 1. The molecule has 17 heavy (non-hydrogen) atoms. The van der Waals surface area contributed by atoms with Crippen molar-refractivity contribution < 1.29 is 0 Å². The van der Waals surface area contributed by atoms with Gasteiger partial charge >= 0.3 is 0 Å². The molecule has 0 atom stereocenters. The minimum Gasteiger partial charge on any atom is -0.329 e. The predicted octanol–water partition coefficient (Wildman–Crippen LogP) is 1.53. The summed E-state index contributed by atoms with van der Waals surface area (Å²) in [6.45, 7) is 7.99. The predicted molar refractivity (Wildman–Crippen MR) is 73.1 cm³/mol. The van der Waals surface area contributed by atoms with Crippen molar-refractivity contribution in [3.05, 3.63) is 0 Å². The Morgan fingerprint density at radius 2 is 1.94 bits per heavy atom. The Labute approximate surface area is 106 Å². The summed E-state index contributed by atoms with van der Waals surface area (Å²) in [5, 5.41) is 0. The van der Waals surface area contributed by atoms with Gasteiger partial charge in [-0.25, -0.2) is 0 Å². The van der Waals surface area contributed by atoms with Crippen molar-refractivity contribution in [3.8, 4) is 0 Å². The number of likely N-dealkylation sites (N-methyl/N-ethyl adjacent to an activating group) is 1. The summed E-state index contributed by atoms with van der Waals surface area (Å²) in [7, 11) is 2.30. The monoisotopic (exact) mass is 239 g/mol. The Hall–Kier alpha value is -0.120. The van der Waals surface area contributed by atoms with Crippen LogP contribution in [0.3, 0.4) is 0 Å². The van der Waals surface area contributed by atoms with Crippen LogP contribution in [0.5, 0.6) is 0 Å². The molecule has 0 aromatic carbocycles. The van der Waals surface area contributed by atoms with Crippen LogP contribution in [0, 0.1) is 5.92 Å². The average molecular weight is 239 g/mol. The van der Waals surface area contributed by atoms with E-state index in [9.17, 15) is 0 Å². The number of piperidine rings is 1. The molecular formula is C14H29N3. The molecule has 100 valence electrons. The molecule has 2 aliphatic rings. The van der Waals surface area contributed by atoms with Gasteiger partial charge in [-0.1, -0.05) is 13.3 Å². The Balaban J connectivity index is 1.89. The summed E-state index contributed by atoms with van der Waals surface area (Å²) in [4.78, 5) is 5.13. The quantitative estimate of drug-likeness (QED) is 0.790. The van der Waals surface area contributed by atoms with E-state index in [1.165, 1.54) is 58.3 Å². The number of likely N-dealkylation sites (tertiary alicyclic amines) is 1. The average Bonchev–Trinajstić information content (AvgIpc) is 2.33. The van der Waals surface area contributed by atoms with Crippen molar-refractivity contribution in [1.82, 2.24) is 9.80 Å². The first-order valence-electron chi connectivity index (χ1n) is 7.34. The fraction of sp³-hybridized carbons (Fsp3) is 1.00. The maximum Gasteiger partial charge on any atom is 0.0353 e. The highest BCUT2D eigenvalue weighted by atomic mass is 15.2. The van der Waals surface area contributed by atoms with Crippen LogP contribution < -0.4 is 5.73 Å². The molecule has 0 aromatic heterocycles. The fourth-order valence-electron chi connectivity index (χ4n) is 3.28. The maximum atomic E-state index is 6.10. The van der Waals surface area contributed by atoms with Gasteiger partial charge in [0.15, 0.2) is 0 Å². The second kappa shape index (κ2) is 5.68. The molecule has 1 saturated carbocycles. The van der Waals surface area contributed by atoms with Crippen LogP contribution in [0.15, 0.2) is 0 Å². The van der Waals surface area contributed by atoms with Gasteiger partial charge in [0.1, 0.15) is 0 Å². The second-order valence-electron chi connectivity index (χ2n) is 6.04. The Morgan fingerprint density at radius 1 is 1.29 bits per heavy atom. The zero-order chi connectivity index (χ0) is 12.3. The van der Waals surface area contributed by atoms with Crippen molar-refractivity contribution >= 4 is 0 Å². The SMILES string of the molecule is CCN1CCC(CN)(N(C)CC2CCC2)CC1. The molecule has 0 spiro atoms. The highest BCUT2D eigenvalue weighted by Gasteiger charge is 2.37. The summed E-state index contributed by atoms with van der Waals surface area (Å²) < 4.78 is 0. The summed E-state index contributed by atoms with van der Waals surface area (Å²) in [6.07, 6.45) is 6.82. The van der Waals surface area contributed by atoms with Gasteiger partial charge in [0.25, 0.3) is 0 Å². The first-order valence-corrected chi connectivity index (χ1v) is 7.34. The van der Waals surface area contributed by atoms with Crippen LogP contribution >= 0.6 is 0 Å². The van der Waals surface area contributed by atoms with E-state index >= 15 is 0 Å². The molecule has 2 fully saturated rings. The van der Waals surface area contributed by atoms with Crippen LogP contribution in [0.2, 0.25) is 0 Å². The zero-order valence-electron chi connectivity index (χ0n) is 11.6. The number of hydrogen-bond acceptors (Lipinski definition) is 3. The molecule has 0 radical (unpaired) electrons. The summed E-state index contributed by atoms with van der Waals surface area (Å²) in [6, 6.07) is 0. The van der Waals surface area contributed by atoms with Crippen molar-refractivity contribution in [2.24, 2.45) is 11.7 Å². The first kappa shape index (κ1) is 13.3. The number of rotatable bonds is 5. The van der Waals surface area contributed by atoms with E-state index < -0.39 is 0 Å². The topological polar surface area (TPSA) is 32.5 Å². The van der Waals surface area contributed by atoms with E-state index in [1.54, 1.807) is 0 Å².